The normalized spacial score (nSPS) is 12.8. The summed E-state index contributed by atoms with van der Waals surface area (Å²) in [5.74, 6) is 0. The van der Waals surface area contributed by atoms with Gasteiger partial charge in [0.1, 0.15) is 6.10 Å². The summed E-state index contributed by atoms with van der Waals surface area (Å²) in [6, 6.07) is 4.13. The fraction of sp³-hybridized carbons (Fsp3) is 0.385. The monoisotopic (exact) mass is 231 g/mol. The molecule has 17 heavy (non-hydrogen) atoms. The molecule has 0 saturated carbocycles. The number of hydrogen-bond donors (Lipinski definition) is 1. The lowest BCUT2D eigenvalue weighted by Crippen LogP contribution is -2.08. The molecule has 1 unspecified atom stereocenters. The second kappa shape index (κ2) is 4.30. The molecular formula is C13H17N3O. The molecule has 2 aromatic rings. The summed E-state index contributed by atoms with van der Waals surface area (Å²) in [7, 11) is 1.78. The largest absolute Gasteiger partial charge is 0.382 e. The molecule has 1 aromatic heterocycles. The zero-order chi connectivity index (χ0) is 12.6. The van der Waals surface area contributed by atoms with E-state index in [2.05, 4.69) is 23.3 Å². The van der Waals surface area contributed by atoms with E-state index in [0.717, 1.165) is 11.1 Å². The Morgan fingerprint density at radius 3 is 2.35 bits per heavy atom. The Labute approximate surface area is 101 Å². The maximum Gasteiger partial charge on any atom is 0.123 e. The average molecular weight is 231 g/mol. The maximum atomic E-state index is 10.4. The molecule has 0 aliphatic heterocycles. The Bertz CT molecular complexity index is 546. The summed E-state index contributed by atoms with van der Waals surface area (Å²) in [6.45, 7) is 6.13. The van der Waals surface area contributed by atoms with Crippen LogP contribution in [-0.2, 0) is 7.05 Å². The van der Waals surface area contributed by atoms with Crippen LogP contribution in [0.2, 0.25) is 0 Å². The van der Waals surface area contributed by atoms with Crippen LogP contribution in [0.3, 0.4) is 0 Å². The van der Waals surface area contributed by atoms with Gasteiger partial charge in [-0.25, -0.2) is 4.68 Å². The van der Waals surface area contributed by atoms with Crippen molar-refractivity contribution in [2.24, 2.45) is 7.05 Å². The summed E-state index contributed by atoms with van der Waals surface area (Å²) in [6.07, 6.45) is 0.925. The summed E-state index contributed by atoms with van der Waals surface area (Å²) in [4.78, 5) is 0. The molecule has 0 spiro atoms. The molecule has 0 saturated heterocycles. The first-order chi connectivity index (χ1) is 8.00. The van der Waals surface area contributed by atoms with Crippen LogP contribution in [0, 0.1) is 20.8 Å². The van der Waals surface area contributed by atoms with Gasteiger partial charge in [-0.05, 0) is 43.0 Å². The van der Waals surface area contributed by atoms with Gasteiger partial charge in [0, 0.05) is 7.05 Å². The van der Waals surface area contributed by atoms with E-state index in [-0.39, 0.29) is 0 Å². The molecule has 0 bridgehead atoms. The number of aliphatic hydroxyl groups is 1. The second-order valence-electron chi connectivity index (χ2n) is 4.48. The first-order valence-electron chi connectivity index (χ1n) is 5.61. The molecule has 1 N–H and O–H groups in total. The van der Waals surface area contributed by atoms with Crippen LogP contribution in [0.25, 0.3) is 0 Å². The topological polar surface area (TPSA) is 50.9 Å². The SMILES string of the molecule is Cc1cc(C)c(C(O)c2cnnn2C)cc1C. The fourth-order valence-electron chi connectivity index (χ4n) is 1.98. The van der Waals surface area contributed by atoms with Crippen LogP contribution in [-0.4, -0.2) is 20.1 Å². The van der Waals surface area contributed by atoms with E-state index in [1.165, 1.54) is 11.1 Å². The molecule has 0 amide bonds. The van der Waals surface area contributed by atoms with Crippen molar-refractivity contribution in [3.8, 4) is 0 Å². The van der Waals surface area contributed by atoms with Gasteiger partial charge in [0.2, 0.25) is 0 Å². The highest BCUT2D eigenvalue weighted by Gasteiger charge is 2.17. The standard InChI is InChI=1S/C13H17N3O/c1-8-5-10(3)11(6-9(8)2)13(17)12-7-14-15-16(12)4/h5-7,13,17H,1-4H3. The molecule has 4 heteroatoms. The van der Waals surface area contributed by atoms with E-state index in [1.54, 1.807) is 17.9 Å². The minimum absolute atomic E-state index is 0.672. The highest BCUT2D eigenvalue weighted by Crippen LogP contribution is 2.26. The van der Waals surface area contributed by atoms with Crippen LogP contribution in [0.4, 0.5) is 0 Å². The lowest BCUT2D eigenvalue weighted by Gasteiger charge is -2.15. The van der Waals surface area contributed by atoms with Crippen LogP contribution in [0.5, 0.6) is 0 Å². The molecule has 90 valence electrons. The Hall–Kier alpha value is -1.68. The summed E-state index contributed by atoms with van der Waals surface area (Å²) in [5.41, 5.74) is 5.12. The quantitative estimate of drug-likeness (QED) is 0.857. The van der Waals surface area contributed by atoms with E-state index in [1.807, 2.05) is 19.9 Å². The summed E-state index contributed by atoms with van der Waals surface area (Å²) in [5, 5.41) is 18.0. The highest BCUT2D eigenvalue weighted by molar-refractivity contribution is 5.39. The predicted molar refractivity (Wildman–Crippen MR) is 65.7 cm³/mol. The Morgan fingerprint density at radius 1 is 1.12 bits per heavy atom. The molecule has 1 heterocycles. The van der Waals surface area contributed by atoms with Gasteiger partial charge in [-0.1, -0.05) is 17.3 Å². The first kappa shape index (κ1) is 11.8. The molecule has 1 aromatic carbocycles. The van der Waals surface area contributed by atoms with Crippen molar-refractivity contribution in [3.05, 3.63) is 46.3 Å². The predicted octanol–water partition coefficient (Wildman–Crippen LogP) is 1.82. The minimum Gasteiger partial charge on any atom is -0.382 e. The molecule has 2 rings (SSSR count). The lowest BCUT2D eigenvalue weighted by molar-refractivity contribution is 0.209. The number of rotatable bonds is 2. The van der Waals surface area contributed by atoms with Gasteiger partial charge in [0.15, 0.2) is 0 Å². The highest BCUT2D eigenvalue weighted by atomic mass is 16.3. The van der Waals surface area contributed by atoms with Crippen molar-refractivity contribution in [3.63, 3.8) is 0 Å². The van der Waals surface area contributed by atoms with Gasteiger partial charge in [0.05, 0.1) is 11.9 Å². The van der Waals surface area contributed by atoms with Crippen LogP contribution in [0.15, 0.2) is 18.3 Å². The third kappa shape index (κ3) is 2.08. The number of benzene rings is 1. The average Bonchev–Trinajstić information content (AvgIpc) is 2.69. The molecule has 0 radical (unpaired) electrons. The van der Waals surface area contributed by atoms with Crippen molar-refractivity contribution in [1.29, 1.82) is 0 Å². The fourth-order valence-corrected chi connectivity index (χ4v) is 1.98. The van der Waals surface area contributed by atoms with E-state index in [0.29, 0.717) is 5.69 Å². The maximum absolute atomic E-state index is 10.4. The minimum atomic E-state index is -0.672. The number of aromatic nitrogens is 3. The molecule has 1 atom stereocenters. The van der Waals surface area contributed by atoms with Gasteiger partial charge < -0.3 is 5.11 Å². The number of hydrogen-bond acceptors (Lipinski definition) is 3. The van der Waals surface area contributed by atoms with Crippen molar-refractivity contribution in [2.75, 3.05) is 0 Å². The lowest BCUT2D eigenvalue weighted by atomic mass is 9.96. The number of aliphatic hydroxyl groups excluding tert-OH is 1. The van der Waals surface area contributed by atoms with E-state index in [9.17, 15) is 5.11 Å². The summed E-state index contributed by atoms with van der Waals surface area (Å²) >= 11 is 0. The smallest absolute Gasteiger partial charge is 0.123 e. The van der Waals surface area contributed by atoms with Crippen LogP contribution in [0.1, 0.15) is 34.1 Å². The van der Waals surface area contributed by atoms with Gasteiger partial charge in [-0.3, -0.25) is 0 Å². The molecule has 0 aliphatic carbocycles. The number of nitrogens with zero attached hydrogens (tertiary/aromatic N) is 3. The number of aryl methyl sites for hydroxylation is 4. The van der Waals surface area contributed by atoms with Crippen molar-refractivity contribution >= 4 is 0 Å². The Balaban J connectivity index is 2.48. The van der Waals surface area contributed by atoms with Gasteiger partial charge in [-0.2, -0.15) is 0 Å². The van der Waals surface area contributed by atoms with Gasteiger partial charge >= 0.3 is 0 Å². The molecule has 0 fully saturated rings. The van der Waals surface area contributed by atoms with Crippen molar-refractivity contribution < 1.29 is 5.11 Å². The third-order valence-electron chi connectivity index (χ3n) is 3.21. The van der Waals surface area contributed by atoms with E-state index >= 15 is 0 Å². The van der Waals surface area contributed by atoms with Crippen LogP contribution >= 0.6 is 0 Å². The van der Waals surface area contributed by atoms with Crippen LogP contribution < -0.4 is 0 Å². The molecule has 4 nitrogen and oxygen atoms in total. The zero-order valence-electron chi connectivity index (χ0n) is 10.6. The Morgan fingerprint density at radius 2 is 1.76 bits per heavy atom. The van der Waals surface area contributed by atoms with Crippen molar-refractivity contribution in [1.82, 2.24) is 15.0 Å². The summed E-state index contributed by atoms with van der Waals surface area (Å²) < 4.78 is 1.60. The third-order valence-corrected chi connectivity index (χ3v) is 3.21. The van der Waals surface area contributed by atoms with E-state index in [4.69, 9.17) is 0 Å². The second-order valence-corrected chi connectivity index (χ2v) is 4.48. The van der Waals surface area contributed by atoms with Gasteiger partial charge in [-0.15, -0.1) is 5.10 Å². The Kier molecular flexibility index (Phi) is 2.98. The molecular weight excluding hydrogens is 214 g/mol. The zero-order valence-corrected chi connectivity index (χ0v) is 10.6. The van der Waals surface area contributed by atoms with Crippen molar-refractivity contribution in [2.45, 2.75) is 26.9 Å². The first-order valence-corrected chi connectivity index (χ1v) is 5.61. The molecule has 0 aliphatic rings. The van der Waals surface area contributed by atoms with Gasteiger partial charge in [0.25, 0.3) is 0 Å². The van der Waals surface area contributed by atoms with E-state index < -0.39 is 6.10 Å².